The van der Waals surface area contributed by atoms with Crippen molar-refractivity contribution in [2.24, 2.45) is 22.9 Å². The molecule has 4 aromatic carbocycles. The average Bonchev–Trinajstić information content (AvgIpc) is 3.30. The number of nitro groups is 1. The molecule has 1 saturated carbocycles. The number of aliphatic hydroxyl groups is 2. The van der Waals surface area contributed by atoms with Crippen molar-refractivity contribution < 1.29 is 39.0 Å². The standard InChI is InChI=1S/C51H56N4O9/c1-5-26-61-51-47(54(4)50(58)37-17-13-35(31-52)14-18-37)30-45(53-62-32-36-15-19-39(20-16-36)55(59)60)43-28-38(10-6-8-24-56)42(11-7-9-25-57)48(49(43)51)44-29-41(22-23-46(44)64-51)63-40-21-12-33(2)34(3)27-40/h5,12-23,27-29,38,42,47-49,56-57H,1,6-11,24-26,30,32H2,2-4H3/t38-,42+,47-,48+,49+,51+/m0/s1. The molecule has 2 aliphatic carbocycles. The van der Waals surface area contributed by atoms with Gasteiger partial charge < -0.3 is 34.2 Å². The summed E-state index contributed by atoms with van der Waals surface area (Å²) < 4.78 is 20.8. The molecule has 64 heavy (non-hydrogen) atoms. The zero-order chi connectivity index (χ0) is 45.4. The van der Waals surface area contributed by atoms with Gasteiger partial charge in [0, 0.05) is 55.9 Å². The number of non-ortho nitro benzene ring substituents is 1. The number of ether oxygens (including phenoxy) is 3. The third-order valence-corrected chi connectivity index (χ3v) is 13.0. The van der Waals surface area contributed by atoms with Gasteiger partial charge in [0.1, 0.15) is 29.9 Å². The number of hydrogen-bond donors (Lipinski definition) is 2. The number of benzene rings is 4. The third-order valence-electron chi connectivity index (χ3n) is 13.0. The first-order valence-electron chi connectivity index (χ1n) is 22.0. The van der Waals surface area contributed by atoms with Crippen LogP contribution in [0.15, 0.2) is 114 Å². The van der Waals surface area contributed by atoms with Crippen molar-refractivity contribution >= 4 is 17.3 Å². The fourth-order valence-electron chi connectivity index (χ4n) is 9.64. The van der Waals surface area contributed by atoms with Gasteiger partial charge in [-0.15, -0.1) is 6.58 Å². The largest absolute Gasteiger partial charge is 0.459 e. The van der Waals surface area contributed by atoms with E-state index in [2.05, 4.69) is 31.7 Å². The summed E-state index contributed by atoms with van der Waals surface area (Å²) in [6.07, 6.45) is 8.47. The quantitative estimate of drug-likeness (QED) is 0.0399. The van der Waals surface area contributed by atoms with Crippen molar-refractivity contribution in [3.63, 3.8) is 0 Å². The van der Waals surface area contributed by atoms with E-state index in [1.807, 2.05) is 37.3 Å². The second-order valence-corrected chi connectivity index (χ2v) is 16.9. The van der Waals surface area contributed by atoms with Gasteiger partial charge in [0.25, 0.3) is 11.6 Å². The minimum atomic E-state index is -1.46. The maximum absolute atomic E-state index is 14.6. The van der Waals surface area contributed by atoms with Gasteiger partial charge in [-0.3, -0.25) is 14.9 Å². The maximum Gasteiger partial charge on any atom is 0.269 e. The predicted octanol–water partition coefficient (Wildman–Crippen LogP) is 9.48. The second kappa shape index (κ2) is 20.5. The highest BCUT2D eigenvalue weighted by molar-refractivity contribution is 6.03. The summed E-state index contributed by atoms with van der Waals surface area (Å²) in [6.45, 7) is 8.38. The normalized spacial score (nSPS) is 22.5. The van der Waals surface area contributed by atoms with E-state index < -0.39 is 22.7 Å². The molecule has 1 aliphatic heterocycles. The topological polar surface area (TPSA) is 177 Å². The number of allylic oxidation sites excluding steroid dienone is 1. The minimum Gasteiger partial charge on any atom is -0.459 e. The highest BCUT2D eigenvalue weighted by Gasteiger charge is 2.65. The van der Waals surface area contributed by atoms with E-state index in [-0.39, 0.29) is 62.2 Å². The number of likely N-dealkylation sites (N-methyl/N-ethyl adjacent to an activating group) is 1. The Morgan fingerprint density at radius 2 is 1.69 bits per heavy atom. The number of aryl methyl sites for hydroxylation is 2. The Hall–Kier alpha value is -6.33. The van der Waals surface area contributed by atoms with Gasteiger partial charge in [-0.1, -0.05) is 36.2 Å². The molecule has 13 nitrogen and oxygen atoms in total. The number of unbranched alkanes of at least 4 members (excludes halogenated alkanes) is 2. The fourth-order valence-corrected chi connectivity index (χ4v) is 9.64. The average molecular weight is 869 g/mol. The van der Waals surface area contributed by atoms with E-state index in [9.17, 15) is 30.4 Å². The zero-order valence-corrected chi connectivity index (χ0v) is 36.7. The lowest BCUT2D eigenvalue weighted by molar-refractivity contribution is -0.384. The number of nitrogens with zero attached hydrogens (tertiary/aromatic N) is 4. The molecule has 13 heteroatoms. The summed E-state index contributed by atoms with van der Waals surface area (Å²) >= 11 is 0. The molecular weight excluding hydrogens is 813 g/mol. The van der Waals surface area contributed by atoms with Crippen LogP contribution in [0.2, 0.25) is 0 Å². The zero-order valence-electron chi connectivity index (χ0n) is 36.7. The van der Waals surface area contributed by atoms with Gasteiger partial charge >= 0.3 is 0 Å². The molecule has 1 heterocycles. The summed E-state index contributed by atoms with van der Waals surface area (Å²) in [5.41, 5.74) is 6.12. The smallest absolute Gasteiger partial charge is 0.269 e. The second-order valence-electron chi connectivity index (χ2n) is 16.9. The van der Waals surface area contributed by atoms with Gasteiger partial charge in [0.2, 0.25) is 5.79 Å². The molecule has 0 saturated heterocycles. The number of carbonyl (C=O) groups excluding carboxylic acids is 1. The molecule has 6 atom stereocenters. The molecular formula is C51H56N4O9. The lowest BCUT2D eigenvalue weighted by atomic mass is 9.55. The highest BCUT2D eigenvalue weighted by atomic mass is 16.7. The van der Waals surface area contributed by atoms with E-state index in [0.717, 1.165) is 47.9 Å². The number of aliphatic hydroxyl groups excluding tert-OH is 2. The Morgan fingerprint density at radius 1 is 0.984 bits per heavy atom. The summed E-state index contributed by atoms with van der Waals surface area (Å²) in [5, 5.41) is 45.6. The van der Waals surface area contributed by atoms with Gasteiger partial charge in [0.15, 0.2) is 0 Å². The Kier molecular flexibility index (Phi) is 14.6. The SMILES string of the molecule is C=CCO[C@@]12Oc3ccc(Oc4ccc(C)c(C)c4)cc3[C@H]3[C@H](CCCCO)[C@@H](CCCCO)C=C(C(=NOCc4ccc([N+](=O)[O-])cc4)C[C@@H]1N(C)C(=O)c1ccc(C#N)cc1)[C@H]32. The Balaban J connectivity index is 1.41. The first-order valence-corrected chi connectivity index (χ1v) is 22.0. The molecule has 1 amide bonds. The number of rotatable bonds is 19. The van der Waals surface area contributed by atoms with Crippen molar-refractivity contribution in [3.05, 3.63) is 153 Å². The Morgan fingerprint density at radius 3 is 2.36 bits per heavy atom. The van der Waals surface area contributed by atoms with Crippen molar-refractivity contribution in [1.82, 2.24) is 4.90 Å². The lowest BCUT2D eigenvalue weighted by Gasteiger charge is -2.59. The van der Waals surface area contributed by atoms with Crippen LogP contribution in [0.4, 0.5) is 5.69 Å². The molecule has 0 aromatic heterocycles. The predicted molar refractivity (Wildman–Crippen MR) is 242 cm³/mol. The number of fused-ring (bicyclic) bond motifs is 2. The molecule has 2 N–H and O–H groups in total. The highest BCUT2D eigenvalue weighted by Crippen LogP contribution is 2.62. The number of oxime groups is 1. The molecule has 334 valence electrons. The van der Waals surface area contributed by atoms with Gasteiger partial charge in [-0.25, -0.2) is 0 Å². The molecule has 0 unspecified atom stereocenters. The van der Waals surface area contributed by atoms with Crippen molar-refractivity contribution in [2.75, 3.05) is 26.9 Å². The van der Waals surface area contributed by atoms with Crippen LogP contribution in [0.25, 0.3) is 0 Å². The van der Waals surface area contributed by atoms with Crippen LogP contribution >= 0.6 is 0 Å². The van der Waals surface area contributed by atoms with Crippen molar-refractivity contribution in [2.45, 2.75) is 83.1 Å². The molecule has 1 fully saturated rings. The van der Waals surface area contributed by atoms with Gasteiger partial charge in [-0.05, 0) is 140 Å². The van der Waals surface area contributed by atoms with Crippen LogP contribution < -0.4 is 9.47 Å². The van der Waals surface area contributed by atoms with Gasteiger partial charge in [-0.2, -0.15) is 5.26 Å². The van der Waals surface area contributed by atoms with Crippen LogP contribution in [0.1, 0.15) is 89.0 Å². The summed E-state index contributed by atoms with van der Waals surface area (Å²) in [7, 11) is 1.72. The van der Waals surface area contributed by atoms with Crippen LogP contribution in [0.5, 0.6) is 17.2 Å². The summed E-state index contributed by atoms with van der Waals surface area (Å²) in [6, 6.07) is 25.8. The number of hydrogen-bond acceptors (Lipinski definition) is 11. The lowest BCUT2D eigenvalue weighted by Crippen LogP contribution is -2.69. The Bertz CT molecular complexity index is 2430. The van der Waals surface area contributed by atoms with E-state index >= 15 is 0 Å². The molecule has 0 radical (unpaired) electrons. The first kappa shape index (κ1) is 45.7. The van der Waals surface area contributed by atoms with E-state index in [0.29, 0.717) is 52.5 Å². The minimum absolute atomic E-state index is 0.00535. The number of nitro benzene ring substituents is 1. The van der Waals surface area contributed by atoms with E-state index in [1.165, 1.54) is 12.1 Å². The van der Waals surface area contributed by atoms with Crippen LogP contribution in [-0.2, 0) is 16.2 Å². The molecule has 0 bridgehead atoms. The molecule has 4 aromatic rings. The summed E-state index contributed by atoms with van der Waals surface area (Å²) in [4.78, 5) is 33.3. The third kappa shape index (κ3) is 9.60. The summed E-state index contributed by atoms with van der Waals surface area (Å²) in [5.74, 6) is -0.628. The Labute approximate surface area is 374 Å². The molecule has 0 spiro atoms. The molecule has 3 aliphatic rings. The number of nitriles is 1. The monoisotopic (exact) mass is 868 g/mol. The number of carbonyl (C=O) groups is 1. The first-order chi connectivity index (χ1) is 31.0. The molecule has 7 rings (SSSR count). The fraction of sp³-hybridized carbons (Fsp3) is 0.392. The maximum atomic E-state index is 14.6. The van der Waals surface area contributed by atoms with Crippen molar-refractivity contribution in [1.29, 1.82) is 5.26 Å². The van der Waals surface area contributed by atoms with Gasteiger partial charge in [0.05, 0.1) is 34.8 Å². The van der Waals surface area contributed by atoms with E-state index in [1.54, 1.807) is 54.4 Å². The van der Waals surface area contributed by atoms with Crippen LogP contribution in [0.3, 0.4) is 0 Å². The van der Waals surface area contributed by atoms with E-state index in [4.69, 9.17) is 24.2 Å². The van der Waals surface area contributed by atoms with Crippen LogP contribution in [-0.4, -0.2) is 70.4 Å². The van der Waals surface area contributed by atoms with Crippen molar-refractivity contribution in [3.8, 4) is 23.3 Å². The number of amides is 1. The van der Waals surface area contributed by atoms with Crippen LogP contribution in [0, 0.1) is 53.0 Å².